The lowest BCUT2D eigenvalue weighted by Gasteiger charge is -2.21. The van der Waals surface area contributed by atoms with Crippen molar-refractivity contribution >= 4 is 21.6 Å². The van der Waals surface area contributed by atoms with E-state index in [1.807, 2.05) is 24.3 Å². The molecule has 0 spiro atoms. The number of anilines is 1. The molecule has 10 heteroatoms. The van der Waals surface area contributed by atoms with Crippen LogP contribution in [-0.4, -0.2) is 48.3 Å². The van der Waals surface area contributed by atoms with E-state index in [2.05, 4.69) is 50.0 Å². The summed E-state index contributed by atoms with van der Waals surface area (Å²) in [7, 11) is 4.16. The van der Waals surface area contributed by atoms with E-state index in [4.69, 9.17) is 8.83 Å². The Morgan fingerprint density at radius 1 is 0.943 bits per heavy atom. The molecule has 0 amide bonds. The molecule has 4 aromatic rings. The predicted molar refractivity (Wildman–Crippen MR) is 130 cm³/mol. The SMILES string of the molecule is CN(C)C1CCN(c2ccc(-c3nnc(-c4cc(-c5ccc(Br)cc5)oc4C(F)(F)F)o3)cc2)C1. The van der Waals surface area contributed by atoms with Crippen molar-refractivity contribution in [2.75, 3.05) is 32.1 Å². The molecule has 6 nitrogen and oxygen atoms in total. The van der Waals surface area contributed by atoms with E-state index in [9.17, 15) is 13.2 Å². The van der Waals surface area contributed by atoms with E-state index >= 15 is 0 Å². The van der Waals surface area contributed by atoms with Gasteiger partial charge in [0.15, 0.2) is 0 Å². The van der Waals surface area contributed by atoms with Crippen molar-refractivity contribution in [3.05, 3.63) is 64.8 Å². The smallest absolute Gasteiger partial charge is 0.450 e. The Labute approximate surface area is 208 Å². The van der Waals surface area contributed by atoms with E-state index < -0.39 is 11.9 Å². The van der Waals surface area contributed by atoms with E-state index in [0.29, 0.717) is 17.2 Å². The van der Waals surface area contributed by atoms with Crippen LogP contribution in [0.15, 0.2) is 67.9 Å². The van der Waals surface area contributed by atoms with Gasteiger partial charge in [-0.3, -0.25) is 0 Å². The topological polar surface area (TPSA) is 58.5 Å². The zero-order valence-corrected chi connectivity index (χ0v) is 20.6. The maximum absolute atomic E-state index is 13.7. The highest BCUT2D eigenvalue weighted by molar-refractivity contribution is 9.10. The molecule has 0 N–H and O–H groups in total. The van der Waals surface area contributed by atoms with Crippen LogP contribution in [-0.2, 0) is 6.18 Å². The highest BCUT2D eigenvalue weighted by atomic mass is 79.9. The maximum Gasteiger partial charge on any atom is 0.450 e. The summed E-state index contributed by atoms with van der Waals surface area (Å²) in [5, 5.41) is 7.88. The van der Waals surface area contributed by atoms with Crippen molar-refractivity contribution < 1.29 is 22.0 Å². The van der Waals surface area contributed by atoms with E-state index in [1.54, 1.807) is 24.3 Å². The molecule has 2 aromatic carbocycles. The largest absolute Gasteiger partial charge is 0.451 e. The zero-order valence-electron chi connectivity index (χ0n) is 19.0. The van der Waals surface area contributed by atoms with Gasteiger partial charge < -0.3 is 18.6 Å². The summed E-state index contributed by atoms with van der Waals surface area (Å²) in [4.78, 5) is 4.53. The quantitative estimate of drug-likeness (QED) is 0.281. The molecule has 35 heavy (non-hydrogen) atoms. The Bertz CT molecular complexity index is 1310. The number of alkyl halides is 3. The number of halogens is 4. The number of aromatic nitrogens is 2. The fourth-order valence-corrected chi connectivity index (χ4v) is 4.44. The summed E-state index contributed by atoms with van der Waals surface area (Å²) in [6.45, 7) is 1.91. The van der Waals surface area contributed by atoms with Crippen LogP contribution in [0.3, 0.4) is 0 Å². The monoisotopic (exact) mass is 546 g/mol. The molecule has 0 bridgehead atoms. The van der Waals surface area contributed by atoms with Gasteiger partial charge in [-0.25, -0.2) is 0 Å². The molecular weight excluding hydrogens is 525 g/mol. The second-order valence-electron chi connectivity index (χ2n) is 8.67. The van der Waals surface area contributed by atoms with E-state index in [-0.39, 0.29) is 23.1 Å². The molecule has 1 atom stereocenters. The molecule has 5 rings (SSSR count). The second-order valence-corrected chi connectivity index (χ2v) is 9.59. The summed E-state index contributed by atoms with van der Waals surface area (Å²) in [6, 6.07) is 16.2. The van der Waals surface area contributed by atoms with Crippen molar-refractivity contribution in [2.45, 2.75) is 18.6 Å². The minimum atomic E-state index is -4.72. The van der Waals surface area contributed by atoms with Crippen molar-refractivity contribution in [3.63, 3.8) is 0 Å². The maximum atomic E-state index is 13.7. The van der Waals surface area contributed by atoms with Gasteiger partial charge in [0, 0.05) is 40.4 Å². The third kappa shape index (κ3) is 4.85. The summed E-state index contributed by atoms with van der Waals surface area (Å²) in [5.74, 6) is -1.23. The summed E-state index contributed by atoms with van der Waals surface area (Å²) < 4.78 is 52.8. The number of hydrogen-bond donors (Lipinski definition) is 0. The molecular formula is C25H22BrF3N4O2. The first kappa shape index (κ1) is 23.6. The minimum Gasteiger partial charge on any atom is -0.451 e. The van der Waals surface area contributed by atoms with Crippen molar-refractivity contribution in [1.29, 1.82) is 0 Å². The average Bonchev–Trinajstić information content (AvgIpc) is 3.58. The molecule has 2 aromatic heterocycles. The fraction of sp³-hybridized carbons (Fsp3) is 0.280. The Kier molecular flexibility index (Phi) is 6.18. The van der Waals surface area contributed by atoms with Gasteiger partial charge in [-0.15, -0.1) is 10.2 Å². The number of benzene rings is 2. The second kappa shape index (κ2) is 9.16. The van der Waals surface area contributed by atoms with Crippen LogP contribution < -0.4 is 4.90 Å². The van der Waals surface area contributed by atoms with Crippen LogP contribution >= 0.6 is 15.9 Å². The van der Waals surface area contributed by atoms with E-state index in [0.717, 1.165) is 29.7 Å². The van der Waals surface area contributed by atoms with Crippen molar-refractivity contribution in [3.8, 4) is 34.2 Å². The molecule has 0 saturated carbocycles. The van der Waals surface area contributed by atoms with Crippen LogP contribution in [0.2, 0.25) is 0 Å². The van der Waals surface area contributed by atoms with Crippen molar-refractivity contribution in [2.24, 2.45) is 0 Å². The zero-order chi connectivity index (χ0) is 24.7. The highest BCUT2D eigenvalue weighted by Gasteiger charge is 2.40. The van der Waals surface area contributed by atoms with Gasteiger partial charge in [-0.05, 0) is 63.0 Å². The van der Waals surface area contributed by atoms with Gasteiger partial charge in [0.1, 0.15) is 5.76 Å². The van der Waals surface area contributed by atoms with Crippen LogP contribution in [0.1, 0.15) is 12.2 Å². The first-order valence-electron chi connectivity index (χ1n) is 11.0. The number of nitrogens with zero attached hydrogens (tertiary/aromatic N) is 4. The van der Waals surface area contributed by atoms with Crippen LogP contribution in [0.5, 0.6) is 0 Å². The Morgan fingerprint density at radius 3 is 2.23 bits per heavy atom. The lowest BCUT2D eigenvalue weighted by atomic mass is 10.1. The predicted octanol–water partition coefficient (Wildman–Crippen LogP) is 6.59. The number of rotatable bonds is 5. The molecule has 3 heterocycles. The van der Waals surface area contributed by atoms with Crippen molar-refractivity contribution in [1.82, 2.24) is 15.1 Å². The molecule has 1 unspecified atom stereocenters. The van der Waals surface area contributed by atoms with Gasteiger partial charge in [0.25, 0.3) is 5.89 Å². The fourth-order valence-electron chi connectivity index (χ4n) is 4.18. The van der Waals surface area contributed by atoms with Gasteiger partial charge in [-0.2, -0.15) is 13.2 Å². The Hall–Kier alpha value is -3.11. The van der Waals surface area contributed by atoms with Crippen LogP contribution in [0.4, 0.5) is 18.9 Å². The standard InChI is InChI=1S/C25H22BrF3N4O2/c1-32(2)19-11-12-33(14-19)18-9-5-16(6-10-18)23-30-31-24(35-23)20-13-21(34-22(20)25(27,28)29)15-3-7-17(26)8-4-15/h3-10,13,19H,11-12,14H2,1-2H3. The lowest BCUT2D eigenvalue weighted by molar-refractivity contribution is -0.152. The first-order chi connectivity index (χ1) is 16.7. The average molecular weight is 547 g/mol. The van der Waals surface area contributed by atoms with Crippen LogP contribution in [0.25, 0.3) is 34.2 Å². The number of hydrogen-bond acceptors (Lipinski definition) is 6. The summed E-state index contributed by atoms with van der Waals surface area (Å²) >= 11 is 3.31. The molecule has 1 aliphatic rings. The Morgan fingerprint density at radius 2 is 1.60 bits per heavy atom. The Balaban J connectivity index is 1.42. The third-order valence-electron chi connectivity index (χ3n) is 6.15. The molecule has 1 fully saturated rings. The summed E-state index contributed by atoms with van der Waals surface area (Å²) in [5.41, 5.74) is 1.91. The molecule has 1 aliphatic heterocycles. The van der Waals surface area contributed by atoms with Gasteiger partial charge in [0.05, 0.1) is 5.56 Å². The first-order valence-corrected chi connectivity index (χ1v) is 11.8. The molecule has 182 valence electrons. The van der Waals surface area contributed by atoms with Gasteiger partial charge in [0.2, 0.25) is 11.7 Å². The number of likely N-dealkylation sites (N-methyl/N-ethyl adjacent to an activating group) is 1. The number of furan rings is 1. The minimum absolute atomic E-state index is 0.0607. The summed E-state index contributed by atoms with van der Waals surface area (Å²) in [6.07, 6.45) is -3.63. The molecule has 1 saturated heterocycles. The van der Waals surface area contributed by atoms with Gasteiger partial charge >= 0.3 is 6.18 Å². The van der Waals surface area contributed by atoms with E-state index in [1.165, 1.54) is 6.07 Å². The normalized spacial score (nSPS) is 16.4. The third-order valence-corrected chi connectivity index (χ3v) is 6.68. The molecule has 0 aliphatic carbocycles. The van der Waals surface area contributed by atoms with Crippen LogP contribution in [0, 0.1) is 0 Å². The lowest BCUT2D eigenvalue weighted by Crippen LogP contribution is -2.31. The highest BCUT2D eigenvalue weighted by Crippen LogP contribution is 2.42. The molecule has 0 radical (unpaired) electrons. The van der Waals surface area contributed by atoms with Gasteiger partial charge in [-0.1, -0.05) is 28.1 Å².